The van der Waals surface area contributed by atoms with Crippen molar-refractivity contribution < 1.29 is 24.2 Å². The summed E-state index contributed by atoms with van der Waals surface area (Å²) in [6, 6.07) is 3.96. The Morgan fingerprint density at radius 2 is 2.00 bits per heavy atom. The minimum absolute atomic E-state index is 0.363. The molecule has 0 saturated carbocycles. The number of hydrogen-bond donors (Lipinski definition) is 2. The van der Waals surface area contributed by atoms with Gasteiger partial charge in [0.15, 0.2) is 11.5 Å². The standard InChI is InChI=1S/C15H19NO5/c1-2-3-4-11(15(18)19)16-14(17)10-5-6-12-13(9-10)21-8-7-20-12/h5-6,9,11H,2-4,7-8H2,1H3,(H,16,17)(H,18,19)/t11-/m0/s1. The van der Waals surface area contributed by atoms with Gasteiger partial charge in [-0.25, -0.2) is 4.79 Å². The van der Waals surface area contributed by atoms with Gasteiger partial charge in [-0.3, -0.25) is 4.79 Å². The lowest BCUT2D eigenvalue weighted by molar-refractivity contribution is -0.139. The second-order valence-electron chi connectivity index (χ2n) is 4.86. The molecule has 1 heterocycles. The Hall–Kier alpha value is -2.24. The molecule has 0 spiro atoms. The zero-order chi connectivity index (χ0) is 15.2. The number of hydrogen-bond acceptors (Lipinski definition) is 4. The van der Waals surface area contributed by atoms with Crippen LogP contribution in [0.2, 0.25) is 0 Å². The van der Waals surface area contributed by atoms with Crippen LogP contribution in [0.1, 0.15) is 36.5 Å². The van der Waals surface area contributed by atoms with E-state index in [0.717, 1.165) is 12.8 Å². The van der Waals surface area contributed by atoms with E-state index in [9.17, 15) is 9.59 Å². The number of rotatable bonds is 6. The lowest BCUT2D eigenvalue weighted by Crippen LogP contribution is -2.40. The summed E-state index contributed by atoms with van der Waals surface area (Å²) in [5.41, 5.74) is 0.363. The van der Waals surface area contributed by atoms with Gasteiger partial charge in [0, 0.05) is 5.56 Å². The lowest BCUT2D eigenvalue weighted by atomic mass is 10.1. The molecule has 0 radical (unpaired) electrons. The molecule has 1 aliphatic heterocycles. The molecule has 0 unspecified atom stereocenters. The number of aliphatic carboxylic acids is 1. The molecular weight excluding hydrogens is 274 g/mol. The average molecular weight is 293 g/mol. The fraction of sp³-hybridized carbons (Fsp3) is 0.467. The van der Waals surface area contributed by atoms with Gasteiger partial charge < -0.3 is 19.9 Å². The van der Waals surface area contributed by atoms with Crippen molar-refractivity contribution in [2.75, 3.05) is 13.2 Å². The molecule has 0 bridgehead atoms. The summed E-state index contributed by atoms with van der Waals surface area (Å²) in [5, 5.41) is 11.7. The summed E-state index contributed by atoms with van der Waals surface area (Å²) in [5.74, 6) is -0.335. The third-order valence-electron chi connectivity index (χ3n) is 3.25. The van der Waals surface area contributed by atoms with Crippen LogP contribution in [0.4, 0.5) is 0 Å². The molecule has 6 heteroatoms. The molecule has 6 nitrogen and oxygen atoms in total. The van der Waals surface area contributed by atoms with Crippen LogP contribution in [0, 0.1) is 0 Å². The van der Waals surface area contributed by atoms with Crippen LogP contribution in [-0.4, -0.2) is 36.2 Å². The molecule has 1 atom stereocenters. The second kappa shape index (κ2) is 6.97. The number of carbonyl (C=O) groups excluding carboxylic acids is 1. The molecule has 1 amide bonds. The zero-order valence-corrected chi connectivity index (χ0v) is 11.9. The lowest BCUT2D eigenvalue weighted by Gasteiger charge is -2.19. The van der Waals surface area contributed by atoms with Crippen molar-refractivity contribution >= 4 is 11.9 Å². The summed E-state index contributed by atoms with van der Waals surface area (Å²) >= 11 is 0. The molecule has 1 aromatic carbocycles. The van der Waals surface area contributed by atoms with Gasteiger partial charge in [0.05, 0.1) is 0 Å². The summed E-state index contributed by atoms with van der Waals surface area (Å²) < 4.78 is 10.8. The highest BCUT2D eigenvalue weighted by Crippen LogP contribution is 2.30. The number of fused-ring (bicyclic) bond motifs is 1. The smallest absolute Gasteiger partial charge is 0.326 e. The predicted molar refractivity (Wildman–Crippen MR) is 75.8 cm³/mol. The number of carboxylic acid groups (broad SMARTS) is 1. The first-order valence-electron chi connectivity index (χ1n) is 7.05. The number of carbonyl (C=O) groups is 2. The van der Waals surface area contributed by atoms with Crippen molar-refractivity contribution in [1.82, 2.24) is 5.32 Å². The Morgan fingerprint density at radius 3 is 2.67 bits per heavy atom. The average Bonchev–Trinajstić information content (AvgIpc) is 2.50. The van der Waals surface area contributed by atoms with Gasteiger partial charge in [0.25, 0.3) is 5.91 Å². The van der Waals surface area contributed by atoms with Gasteiger partial charge >= 0.3 is 5.97 Å². The Bertz CT molecular complexity index is 529. The first-order valence-corrected chi connectivity index (χ1v) is 7.05. The van der Waals surface area contributed by atoms with Crippen LogP contribution in [0.3, 0.4) is 0 Å². The van der Waals surface area contributed by atoms with E-state index >= 15 is 0 Å². The van der Waals surface area contributed by atoms with Crippen LogP contribution in [0.25, 0.3) is 0 Å². The van der Waals surface area contributed by atoms with Crippen molar-refractivity contribution in [3.63, 3.8) is 0 Å². The zero-order valence-electron chi connectivity index (χ0n) is 11.9. The number of unbranched alkanes of at least 4 members (excludes halogenated alkanes) is 1. The van der Waals surface area contributed by atoms with E-state index in [0.29, 0.717) is 36.7 Å². The Labute approximate surface area is 123 Å². The normalized spacial score (nSPS) is 14.3. The highest BCUT2D eigenvalue weighted by Gasteiger charge is 2.21. The summed E-state index contributed by atoms with van der Waals surface area (Å²) in [7, 11) is 0. The molecule has 21 heavy (non-hydrogen) atoms. The fourth-order valence-electron chi connectivity index (χ4n) is 2.09. The van der Waals surface area contributed by atoms with Gasteiger partial charge in [0.1, 0.15) is 19.3 Å². The number of nitrogens with one attached hydrogen (secondary N) is 1. The number of amides is 1. The van der Waals surface area contributed by atoms with Crippen molar-refractivity contribution in [3.05, 3.63) is 23.8 Å². The topological polar surface area (TPSA) is 84.9 Å². The maximum atomic E-state index is 12.1. The monoisotopic (exact) mass is 293 g/mol. The van der Waals surface area contributed by atoms with E-state index < -0.39 is 17.9 Å². The van der Waals surface area contributed by atoms with E-state index in [1.165, 1.54) is 0 Å². The molecule has 0 fully saturated rings. The van der Waals surface area contributed by atoms with Crippen LogP contribution < -0.4 is 14.8 Å². The molecule has 0 aliphatic carbocycles. The van der Waals surface area contributed by atoms with E-state index in [4.69, 9.17) is 14.6 Å². The van der Waals surface area contributed by atoms with Crippen molar-refractivity contribution in [3.8, 4) is 11.5 Å². The van der Waals surface area contributed by atoms with Gasteiger partial charge in [-0.15, -0.1) is 0 Å². The first kappa shape index (κ1) is 15.2. The summed E-state index contributed by atoms with van der Waals surface area (Å²) in [6.45, 7) is 2.89. The molecule has 2 rings (SSSR count). The van der Waals surface area contributed by atoms with Crippen LogP contribution in [0.5, 0.6) is 11.5 Å². The number of ether oxygens (including phenoxy) is 2. The van der Waals surface area contributed by atoms with Crippen LogP contribution in [-0.2, 0) is 4.79 Å². The third kappa shape index (κ3) is 3.87. The highest BCUT2D eigenvalue weighted by molar-refractivity contribution is 5.97. The summed E-state index contributed by atoms with van der Waals surface area (Å²) in [6.07, 6.45) is 2.05. The van der Waals surface area contributed by atoms with Crippen molar-refractivity contribution in [1.29, 1.82) is 0 Å². The van der Waals surface area contributed by atoms with E-state index in [-0.39, 0.29) is 0 Å². The number of benzene rings is 1. The Balaban J connectivity index is 2.06. The molecule has 0 saturated heterocycles. The van der Waals surface area contributed by atoms with E-state index in [1.807, 2.05) is 6.92 Å². The molecule has 2 N–H and O–H groups in total. The van der Waals surface area contributed by atoms with Crippen LogP contribution >= 0.6 is 0 Å². The molecular formula is C15H19NO5. The largest absolute Gasteiger partial charge is 0.486 e. The van der Waals surface area contributed by atoms with Crippen molar-refractivity contribution in [2.45, 2.75) is 32.2 Å². The van der Waals surface area contributed by atoms with Crippen molar-refractivity contribution in [2.24, 2.45) is 0 Å². The fourth-order valence-corrected chi connectivity index (χ4v) is 2.09. The number of carboxylic acids is 1. The maximum absolute atomic E-state index is 12.1. The van der Waals surface area contributed by atoms with Gasteiger partial charge in [-0.1, -0.05) is 19.8 Å². The molecule has 0 aromatic heterocycles. The second-order valence-corrected chi connectivity index (χ2v) is 4.86. The first-order chi connectivity index (χ1) is 10.1. The minimum atomic E-state index is -1.02. The Kier molecular flexibility index (Phi) is 5.03. The Morgan fingerprint density at radius 1 is 1.29 bits per heavy atom. The van der Waals surface area contributed by atoms with E-state index in [1.54, 1.807) is 18.2 Å². The SMILES string of the molecule is CCCC[C@H](NC(=O)c1ccc2c(c1)OCCO2)C(=O)O. The summed E-state index contributed by atoms with van der Waals surface area (Å²) in [4.78, 5) is 23.3. The highest BCUT2D eigenvalue weighted by atomic mass is 16.6. The quantitative estimate of drug-likeness (QED) is 0.836. The van der Waals surface area contributed by atoms with E-state index in [2.05, 4.69) is 5.32 Å². The predicted octanol–water partition coefficient (Wildman–Crippen LogP) is 1.83. The molecule has 114 valence electrons. The van der Waals surface area contributed by atoms with Crippen LogP contribution in [0.15, 0.2) is 18.2 Å². The van der Waals surface area contributed by atoms with Gasteiger partial charge in [-0.05, 0) is 24.6 Å². The van der Waals surface area contributed by atoms with Gasteiger partial charge in [0.2, 0.25) is 0 Å². The molecule has 1 aliphatic rings. The molecule has 1 aromatic rings. The maximum Gasteiger partial charge on any atom is 0.326 e. The minimum Gasteiger partial charge on any atom is -0.486 e. The third-order valence-corrected chi connectivity index (χ3v) is 3.25. The van der Waals surface area contributed by atoms with Gasteiger partial charge in [-0.2, -0.15) is 0 Å².